The van der Waals surface area contributed by atoms with Crippen molar-refractivity contribution in [2.45, 2.75) is 45.6 Å². The van der Waals surface area contributed by atoms with Crippen LogP contribution in [0.15, 0.2) is 0 Å². The Morgan fingerprint density at radius 2 is 2.06 bits per heavy atom. The maximum absolute atomic E-state index is 11.4. The minimum atomic E-state index is -0.977. The Hall–Kier alpha value is -1.26. The molecule has 5 nitrogen and oxygen atoms in total. The Morgan fingerprint density at radius 1 is 1.44 bits per heavy atom. The molecule has 0 aliphatic heterocycles. The van der Waals surface area contributed by atoms with E-state index in [1.165, 1.54) is 0 Å². The van der Waals surface area contributed by atoms with Crippen LogP contribution < -0.4 is 10.6 Å². The highest BCUT2D eigenvalue weighted by Gasteiger charge is 2.37. The van der Waals surface area contributed by atoms with Crippen molar-refractivity contribution in [3.63, 3.8) is 0 Å². The molecule has 0 heterocycles. The highest BCUT2D eigenvalue weighted by Crippen LogP contribution is 2.43. The molecule has 1 fully saturated rings. The van der Waals surface area contributed by atoms with Crippen LogP contribution in [0.5, 0.6) is 0 Å². The van der Waals surface area contributed by atoms with Gasteiger partial charge in [0.15, 0.2) is 0 Å². The zero-order valence-electron chi connectivity index (χ0n) is 9.88. The Morgan fingerprint density at radius 3 is 2.50 bits per heavy atom. The average Bonchev–Trinajstić information content (AvgIpc) is 2.94. The molecule has 0 saturated heterocycles. The lowest BCUT2D eigenvalue weighted by molar-refractivity contribution is -0.139. The number of rotatable bonds is 6. The number of amides is 2. The van der Waals surface area contributed by atoms with Gasteiger partial charge in [0.05, 0.1) is 0 Å². The lowest BCUT2D eigenvalue weighted by atomic mass is 10.1. The number of hydrogen-bond acceptors (Lipinski definition) is 2. The van der Waals surface area contributed by atoms with E-state index >= 15 is 0 Å². The predicted molar refractivity (Wildman–Crippen MR) is 60.2 cm³/mol. The Labute approximate surface area is 95.6 Å². The first-order valence-corrected chi connectivity index (χ1v) is 5.74. The molecule has 3 N–H and O–H groups in total. The molecule has 0 bridgehead atoms. The number of urea groups is 1. The van der Waals surface area contributed by atoms with Crippen LogP contribution in [0.3, 0.4) is 0 Å². The third kappa shape index (κ3) is 4.08. The number of carbonyl (C=O) groups is 2. The molecule has 5 heteroatoms. The van der Waals surface area contributed by atoms with E-state index < -0.39 is 12.0 Å². The fourth-order valence-electron chi connectivity index (χ4n) is 1.44. The fourth-order valence-corrected chi connectivity index (χ4v) is 1.44. The summed E-state index contributed by atoms with van der Waals surface area (Å²) in [7, 11) is 0. The standard InChI is InChI=1S/C11H20N2O3/c1-3-4-8(9(14)15)13-10(16)12-7-11(2)5-6-11/h8H,3-7H2,1-2H3,(H,14,15)(H2,12,13,16). The monoisotopic (exact) mass is 228 g/mol. The SMILES string of the molecule is CCCC(NC(=O)NCC1(C)CC1)C(=O)O. The first-order valence-electron chi connectivity index (χ1n) is 5.74. The van der Waals surface area contributed by atoms with E-state index in [-0.39, 0.29) is 11.4 Å². The van der Waals surface area contributed by atoms with Crippen molar-refractivity contribution in [2.24, 2.45) is 5.41 Å². The highest BCUT2D eigenvalue weighted by atomic mass is 16.4. The summed E-state index contributed by atoms with van der Waals surface area (Å²) in [4.78, 5) is 22.2. The normalized spacial score (nSPS) is 18.6. The largest absolute Gasteiger partial charge is 0.480 e. The second-order valence-corrected chi connectivity index (χ2v) is 4.82. The van der Waals surface area contributed by atoms with E-state index in [9.17, 15) is 9.59 Å². The number of carboxylic acids is 1. The lowest BCUT2D eigenvalue weighted by Crippen LogP contribution is -2.47. The van der Waals surface area contributed by atoms with Gasteiger partial charge in [-0.1, -0.05) is 20.3 Å². The summed E-state index contributed by atoms with van der Waals surface area (Å²) in [6, 6.07) is -1.16. The van der Waals surface area contributed by atoms with Crippen LogP contribution in [0.4, 0.5) is 4.79 Å². The van der Waals surface area contributed by atoms with Gasteiger partial charge in [-0.3, -0.25) is 0 Å². The van der Waals surface area contributed by atoms with Crippen LogP contribution in [0.1, 0.15) is 39.5 Å². The molecule has 2 amide bonds. The van der Waals surface area contributed by atoms with Gasteiger partial charge >= 0.3 is 12.0 Å². The second-order valence-electron chi connectivity index (χ2n) is 4.82. The van der Waals surface area contributed by atoms with Crippen molar-refractivity contribution >= 4 is 12.0 Å². The highest BCUT2D eigenvalue weighted by molar-refractivity contribution is 5.82. The van der Waals surface area contributed by atoms with Crippen molar-refractivity contribution < 1.29 is 14.7 Å². The van der Waals surface area contributed by atoms with Crippen LogP contribution in [-0.2, 0) is 4.79 Å². The third-order valence-corrected chi connectivity index (χ3v) is 2.96. The first kappa shape index (κ1) is 12.8. The minimum Gasteiger partial charge on any atom is -0.480 e. The summed E-state index contributed by atoms with van der Waals surface area (Å²) >= 11 is 0. The first-order chi connectivity index (χ1) is 7.47. The van der Waals surface area contributed by atoms with Crippen LogP contribution in [-0.4, -0.2) is 29.7 Å². The maximum Gasteiger partial charge on any atom is 0.326 e. The van der Waals surface area contributed by atoms with Crippen molar-refractivity contribution in [3.8, 4) is 0 Å². The third-order valence-electron chi connectivity index (χ3n) is 2.96. The molecule has 0 spiro atoms. The summed E-state index contributed by atoms with van der Waals surface area (Å²) < 4.78 is 0. The van der Waals surface area contributed by atoms with Crippen LogP contribution in [0, 0.1) is 5.41 Å². The molecule has 16 heavy (non-hydrogen) atoms. The summed E-state index contributed by atoms with van der Waals surface area (Å²) in [6.07, 6.45) is 3.45. The maximum atomic E-state index is 11.4. The van der Waals surface area contributed by atoms with Crippen molar-refractivity contribution in [1.29, 1.82) is 0 Å². The zero-order valence-corrected chi connectivity index (χ0v) is 9.88. The molecule has 0 aromatic rings. The Kier molecular flexibility index (Phi) is 4.15. The van der Waals surface area contributed by atoms with E-state index in [1.54, 1.807) is 0 Å². The number of carboxylic acid groups (broad SMARTS) is 1. The van der Waals surface area contributed by atoms with Gasteiger partial charge in [0.2, 0.25) is 0 Å². The van der Waals surface area contributed by atoms with E-state index in [1.807, 2.05) is 6.92 Å². The van der Waals surface area contributed by atoms with Crippen LogP contribution in [0.25, 0.3) is 0 Å². The van der Waals surface area contributed by atoms with Gasteiger partial charge in [-0.15, -0.1) is 0 Å². The second kappa shape index (κ2) is 5.18. The quantitative estimate of drug-likeness (QED) is 0.642. The van der Waals surface area contributed by atoms with Gasteiger partial charge in [0, 0.05) is 6.54 Å². The van der Waals surface area contributed by atoms with Gasteiger partial charge in [-0.25, -0.2) is 9.59 Å². The molecule has 92 valence electrons. The molecule has 0 aromatic carbocycles. The molecule has 1 unspecified atom stereocenters. The molecule has 1 rings (SSSR count). The molecule has 1 aliphatic rings. The fraction of sp³-hybridized carbons (Fsp3) is 0.818. The van der Waals surface area contributed by atoms with E-state index in [4.69, 9.17) is 5.11 Å². The summed E-state index contributed by atoms with van der Waals surface area (Å²) in [5.41, 5.74) is 0.237. The number of nitrogens with one attached hydrogen (secondary N) is 2. The predicted octanol–water partition coefficient (Wildman–Crippen LogP) is 1.34. The van der Waals surface area contributed by atoms with Gasteiger partial charge in [-0.2, -0.15) is 0 Å². The van der Waals surface area contributed by atoms with Gasteiger partial charge in [-0.05, 0) is 24.7 Å². The topological polar surface area (TPSA) is 78.4 Å². The molecular formula is C11H20N2O3. The van der Waals surface area contributed by atoms with E-state index in [0.717, 1.165) is 19.3 Å². The van der Waals surface area contributed by atoms with E-state index in [2.05, 4.69) is 17.6 Å². The smallest absolute Gasteiger partial charge is 0.326 e. The molecule has 0 radical (unpaired) electrons. The zero-order chi connectivity index (χ0) is 12.2. The van der Waals surface area contributed by atoms with Gasteiger partial charge in [0.25, 0.3) is 0 Å². The molecule has 1 aliphatic carbocycles. The summed E-state index contributed by atoms with van der Waals surface area (Å²) in [6.45, 7) is 4.62. The van der Waals surface area contributed by atoms with Gasteiger partial charge < -0.3 is 15.7 Å². The lowest BCUT2D eigenvalue weighted by Gasteiger charge is -2.15. The number of aliphatic carboxylic acids is 1. The number of hydrogen-bond donors (Lipinski definition) is 3. The van der Waals surface area contributed by atoms with Crippen LogP contribution >= 0.6 is 0 Å². The molecule has 1 atom stereocenters. The minimum absolute atomic E-state index is 0.237. The molecule has 1 saturated carbocycles. The van der Waals surface area contributed by atoms with Crippen molar-refractivity contribution in [2.75, 3.05) is 6.54 Å². The molecular weight excluding hydrogens is 208 g/mol. The summed E-state index contributed by atoms with van der Waals surface area (Å²) in [5, 5.41) is 14.0. The Balaban J connectivity index is 2.27. The summed E-state index contributed by atoms with van der Waals surface area (Å²) in [5.74, 6) is -0.977. The van der Waals surface area contributed by atoms with Crippen molar-refractivity contribution in [1.82, 2.24) is 10.6 Å². The average molecular weight is 228 g/mol. The van der Waals surface area contributed by atoms with E-state index in [0.29, 0.717) is 13.0 Å². The Bertz CT molecular complexity index is 274. The van der Waals surface area contributed by atoms with Gasteiger partial charge in [0.1, 0.15) is 6.04 Å². The number of carbonyl (C=O) groups excluding carboxylic acids is 1. The van der Waals surface area contributed by atoms with Crippen molar-refractivity contribution in [3.05, 3.63) is 0 Å². The van der Waals surface area contributed by atoms with Crippen LogP contribution in [0.2, 0.25) is 0 Å². The molecule has 0 aromatic heterocycles.